The van der Waals surface area contributed by atoms with Gasteiger partial charge in [-0.15, -0.1) is 11.3 Å². The summed E-state index contributed by atoms with van der Waals surface area (Å²) in [6.07, 6.45) is 0. The number of halogens is 3. The van der Waals surface area contributed by atoms with E-state index in [0.29, 0.717) is 22.1 Å². The topological polar surface area (TPSA) is 56.2 Å². The lowest BCUT2D eigenvalue weighted by Crippen LogP contribution is -2.10. The number of benzene rings is 1. The lowest BCUT2D eigenvalue weighted by atomic mass is 10.2. The van der Waals surface area contributed by atoms with Gasteiger partial charge in [0.2, 0.25) is 0 Å². The second kappa shape index (κ2) is 8.06. The maximum Gasteiger partial charge on any atom is 0.387 e. The molecule has 0 aliphatic rings. The van der Waals surface area contributed by atoms with Crippen LogP contribution in [-0.4, -0.2) is 22.3 Å². The number of hydrogen-bond acceptors (Lipinski definition) is 4. The predicted octanol–water partition coefficient (Wildman–Crippen LogP) is 5.12. The lowest BCUT2D eigenvalue weighted by Gasteiger charge is -2.06. The normalized spacial score (nSPS) is 11.0. The van der Waals surface area contributed by atoms with Crippen molar-refractivity contribution in [3.8, 4) is 5.75 Å². The second-order valence-electron chi connectivity index (χ2n) is 5.82. The summed E-state index contributed by atoms with van der Waals surface area (Å²) in [6, 6.07) is 7.53. The van der Waals surface area contributed by atoms with Crippen molar-refractivity contribution in [2.75, 3.05) is 5.32 Å². The first-order valence-electron chi connectivity index (χ1n) is 7.96. The summed E-state index contributed by atoms with van der Waals surface area (Å²) in [7, 11) is 0. The largest absolute Gasteiger partial charge is 0.435 e. The molecule has 1 amide bonds. The number of aryl methyl sites for hydroxylation is 1. The highest BCUT2D eigenvalue weighted by Gasteiger charge is 2.13. The summed E-state index contributed by atoms with van der Waals surface area (Å²) in [6.45, 7) is 1.37. The minimum absolute atomic E-state index is 0.0324. The Balaban J connectivity index is 1.65. The molecule has 0 aliphatic carbocycles. The molecule has 0 fully saturated rings. The van der Waals surface area contributed by atoms with Crippen LogP contribution in [0.5, 0.6) is 5.75 Å². The number of ether oxygens (including phenoxy) is 1. The van der Waals surface area contributed by atoms with E-state index in [1.807, 2.05) is 19.2 Å². The number of carbonyl (C=O) groups excluding carboxylic acids is 1. The van der Waals surface area contributed by atoms with Gasteiger partial charge in [-0.3, -0.25) is 9.48 Å². The van der Waals surface area contributed by atoms with Gasteiger partial charge in [-0.2, -0.15) is 13.9 Å². The Morgan fingerprint density at radius 1 is 1.33 bits per heavy atom. The molecule has 0 saturated heterocycles. The van der Waals surface area contributed by atoms with Crippen LogP contribution < -0.4 is 10.1 Å². The minimum Gasteiger partial charge on any atom is -0.435 e. The molecule has 5 nitrogen and oxygen atoms in total. The van der Waals surface area contributed by atoms with E-state index in [-0.39, 0.29) is 11.7 Å². The Morgan fingerprint density at radius 3 is 2.63 bits per heavy atom. The molecule has 0 radical (unpaired) electrons. The zero-order valence-electron chi connectivity index (χ0n) is 14.5. The second-order valence-corrected chi connectivity index (χ2v) is 7.11. The fourth-order valence-electron chi connectivity index (χ4n) is 2.49. The summed E-state index contributed by atoms with van der Waals surface area (Å²) in [5.74, 6) is -0.245. The number of hydrogen-bond donors (Lipinski definition) is 1. The maximum absolute atomic E-state index is 12.4. The molecule has 0 aliphatic heterocycles. The van der Waals surface area contributed by atoms with Crippen LogP contribution in [0.4, 0.5) is 14.5 Å². The Hall–Kier alpha value is -2.45. The van der Waals surface area contributed by atoms with Crippen molar-refractivity contribution >= 4 is 34.5 Å². The average molecular weight is 412 g/mol. The van der Waals surface area contributed by atoms with E-state index in [1.165, 1.54) is 35.6 Å². The van der Waals surface area contributed by atoms with Crippen LogP contribution in [0.15, 0.2) is 35.7 Å². The van der Waals surface area contributed by atoms with Crippen LogP contribution in [0.25, 0.3) is 0 Å². The molecular formula is C18H16ClF2N3O2S. The summed E-state index contributed by atoms with van der Waals surface area (Å²) in [5, 5.41) is 9.63. The van der Waals surface area contributed by atoms with Gasteiger partial charge >= 0.3 is 6.61 Å². The summed E-state index contributed by atoms with van der Waals surface area (Å²) < 4.78 is 30.4. The first-order valence-corrected chi connectivity index (χ1v) is 9.22. The van der Waals surface area contributed by atoms with Gasteiger partial charge in [0.15, 0.2) is 0 Å². The highest BCUT2D eigenvalue weighted by molar-refractivity contribution is 7.12. The van der Waals surface area contributed by atoms with Gasteiger partial charge in [0.05, 0.1) is 27.8 Å². The van der Waals surface area contributed by atoms with Crippen LogP contribution in [0.2, 0.25) is 5.02 Å². The molecule has 3 rings (SSSR count). The van der Waals surface area contributed by atoms with Crippen LogP contribution in [-0.2, 0) is 6.54 Å². The van der Waals surface area contributed by atoms with Crippen molar-refractivity contribution in [2.45, 2.75) is 27.0 Å². The Morgan fingerprint density at radius 2 is 2.04 bits per heavy atom. The molecule has 0 bridgehead atoms. The molecule has 27 heavy (non-hydrogen) atoms. The third kappa shape index (κ3) is 4.64. The number of thiophene rings is 1. The maximum atomic E-state index is 12.4. The Bertz CT molecular complexity index is 954. The molecular weight excluding hydrogens is 396 g/mol. The molecule has 142 valence electrons. The van der Waals surface area contributed by atoms with Crippen molar-refractivity contribution in [1.82, 2.24) is 9.78 Å². The number of alkyl halides is 2. The smallest absolute Gasteiger partial charge is 0.387 e. The average Bonchev–Trinajstić information content (AvgIpc) is 3.18. The van der Waals surface area contributed by atoms with Crippen molar-refractivity contribution in [1.29, 1.82) is 0 Å². The van der Waals surface area contributed by atoms with Crippen LogP contribution in [0.3, 0.4) is 0 Å². The van der Waals surface area contributed by atoms with Gasteiger partial charge in [-0.25, -0.2) is 0 Å². The van der Waals surface area contributed by atoms with E-state index in [2.05, 4.69) is 15.2 Å². The van der Waals surface area contributed by atoms with Crippen LogP contribution in [0, 0.1) is 13.8 Å². The number of amides is 1. The minimum atomic E-state index is -2.88. The molecule has 9 heteroatoms. The molecule has 2 heterocycles. The molecule has 0 atom stereocenters. The zero-order valence-corrected chi connectivity index (χ0v) is 16.1. The SMILES string of the molecule is Cc1nn(Cc2csc(C(=O)Nc3ccc(OC(F)F)cc3)c2)c(C)c1Cl. The number of aromatic nitrogens is 2. The first kappa shape index (κ1) is 19.3. The molecule has 0 spiro atoms. The number of carbonyl (C=O) groups is 1. The van der Waals surface area contributed by atoms with E-state index in [1.54, 1.807) is 10.7 Å². The van der Waals surface area contributed by atoms with Crippen molar-refractivity contribution in [3.63, 3.8) is 0 Å². The third-order valence-corrected chi connectivity index (χ3v) is 5.37. The molecule has 1 N–H and O–H groups in total. The van der Waals surface area contributed by atoms with Gasteiger partial charge < -0.3 is 10.1 Å². The fourth-order valence-corrected chi connectivity index (χ4v) is 3.43. The summed E-state index contributed by atoms with van der Waals surface area (Å²) >= 11 is 7.47. The summed E-state index contributed by atoms with van der Waals surface area (Å²) in [5.41, 5.74) is 3.06. The van der Waals surface area contributed by atoms with E-state index in [9.17, 15) is 13.6 Å². The monoisotopic (exact) mass is 411 g/mol. The highest BCUT2D eigenvalue weighted by atomic mass is 35.5. The van der Waals surface area contributed by atoms with E-state index < -0.39 is 6.61 Å². The number of nitrogens with zero attached hydrogens (tertiary/aromatic N) is 2. The van der Waals surface area contributed by atoms with E-state index in [4.69, 9.17) is 11.6 Å². The third-order valence-electron chi connectivity index (χ3n) is 3.84. The molecule has 3 aromatic rings. The zero-order chi connectivity index (χ0) is 19.6. The first-order chi connectivity index (χ1) is 12.8. The Labute approximate surface area is 163 Å². The van der Waals surface area contributed by atoms with E-state index in [0.717, 1.165) is 17.0 Å². The molecule has 0 saturated carbocycles. The summed E-state index contributed by atoms with van der Waals surface area (Å²) in [4.78, 5) is 12.9. The van der Waals surface area contributed by atoms with Gasteiger partial charge in [0.1, 0.15) is 5.75 Å². The quantitative estimate of drug-likeness (QED) is 0.612. The highest BCUT2D eigenvalue weighted by Crippen LogP contribution is 2.23. The molecule has 1 aromatic carbocycles. The lowest BCUT2D eigenvalue weighted by molar-refractivity contribution is -0.0498. The van der Waals surface area contributed by atoms with Crippen molar-refractivity contribution < 1.29 is 18.3 Å². The van der Waals surface area contributed by atoms with E-state index >= 15 is 0 Å². The van der Waals surface area contributed by atoms with Crippen molar-refractivity contribution in [2.24, 2.45) is 0 Å². The standard InChI is InChI=1S/C18H16ClF2N3O2S/c1-10-16(19)11(2)24(23-10)8-12-7-15(27-9-12)17(25)22-13-3-5-14(6-4-13)26-18(20)21/h3-7,9,18H,8H2,1-2H3,(H,22,25). The van der Waals surface area contributed by atoms with Gasteiger partial charge in [-0.05, 0) is 55.1 Å². The number of anilines is 1. The van der Waals surface area contributed by atoms with Crippen LogP contribution in [0.1, 0.15) is 26.6 Å². The van der Waals surface area contributed by atoms with Crippen molar-refractivity contribution in [3.05, 3.63) is 62.6 Å². The van der Waals surface area contributed by atoms with Gasteiger partial charge in [0, 0.05) is 5.69 Å². The number of nitrogens with one attached hydrogen (secondary N) is 1. The van der Waals surface area contributed by atoms with Gasteiger partial charge in [0.25, 0.3) is 5.91 Å². The number of rotatable bonds is 6. The molecule has 2 aromatic heterocycles. The molecule has 0 unspecified atom stereocenters. The predicted molar refractivity (Wildman–Crippen MR) is 101 cm³/mol. The van der Waals surface area contributed by atoms with Crippen LogP contribution >= 0.6 is 22.9 Å². The van der Waals surface area contributed by atoms with Gasteiger partial charge in [-0.1, -0.05) is 11.6 Å². The Kier molecular flexibility index (Phi) is 5.76. The fraction of sp³-hybridized carbons (Fsp3) is 0.222.